The van der Waals surface area contributed by atoms with Crippen LogP contribution >= 0.6 is 0 Å². The number of nitrogens with two attached hydrogens (primary N) is 1. The highest BCUT2D eigenvalue weighted by atomic mass is 16.5. The van der Waals surface area contributed by atoms with Crippen LogP contribution in [-0.4, -0.2) is 54.9 Å². The van der Waals surface area contributed by atoms with Crippen LogP contribution in [0.25, 0.3) is 0 Å². The molecule has 1 aromatic carbocycles. The van der Waals surface area contributed by atoms with Gasteiger partial charge in [-0.1, -0.05) is 12.1 Å². The number of amides is 1. The maximum atomic E-state index is 12.5. The molecule has 1 saturated heterocycles. The van der Waals surface area contributed by atoms with E-state index in [4.69, 9.17) is 10.5 Å². The van der Waals surface area contributed by atoms with Crippen molar-refractivity contribution >= 4 is 5.91 Å². The smallest absolute Gasteiger partial charge is 0.254 e. The van der Waals surface area contributed by atoms with Crippen LogP contribution < -0.4 is 5.73 Å². The van der Waals surface area contributed by atoms with Gasteiger partial charge in [-0.15, -0.1) is 0 Å². The van der Waals surface area contributed by atoms with E-state index in [-0.39, 0.29) is 18.6 Å². The van der Waals surface area contributed by atoms with Gasteiger partial charge in [0.1, 0.15) is 0 Å². The zero-order chi connectivity index (χ0) is 13.7. The lowest BCUT2D eigenvalue weighted by atomic mass is 10.1. The van der Waals surface area contributed by atoms with E-state index in [2.05, 4.69) is 0 Å². The fraction of sp³-hybridized carbons (Fsp3) is 0.500. The highest BCUT2D eigenvalue weighted by molar-refractivity contribution is 5.94. The van der Waals surface area contributed by atoms with Crippen molar-refractivity contribution in [1.29, 1.82) is 0 Å². The van der Waals surface area contributed by atoms with E-state index in [1.54, 1.807) is 11.0 Å². The van der Waals surface area contributed by atoms with E-state index in [0.29, 0.717) is 31.9 Å². The number of nitrogens with zero attached hydrogens (tertiary/aromatic N) is 1. The van der Waals surface area contributed by atoms with Crippen LogP contribution in [0.5, 0.6) is 0 Å². The molecule has 1 aliphatic heterocycles. The molecule has 0 aliphatic carbocycles. The molecule has 19 heavy (non-hydrogen) atoms. The third-order valence-electron chi connectivity index (χ3n) is 3.31. The highest BCUT2D eigenvalue weighted by Crippen LogP contribution is 2.14. The summed E-state index contributed by atoms with van der Waals surface area (Å²) in [5.74, 6) is -0.0544. The molecule has 1 amide bonds. The molecule has 1 unspecified atom stereocenters. The Labute approximate surface area is 113 Å². The normalized spacial score (nSPS) is 19.5. The maximum absolute atomic E-state index is 12.5. The van der Waals surface area contributed by atoms with Crippen molar-refractivity contribution in [1.82, 2.24) is 4.90 Å². The zero-order valence-corrected chi connectivity index (χ0v) is 10.9. The SMILES string of the molecule is NCCc1cccc(C(=O)N2CCOCC2CO)c1. The number of morpholine rings is 1. The second-order valence-electron chi connectivity index (χ2n) is 4.65. The van der Waals surface area contributed by atoms with E-state index in [9.17, 15) is 9.90 Å². The first-order chi connectivity index (χ1) is 9.26. The fourth-order valence-electron chi connectivity index (χ4n) is 2.27. The summed E-state index contributed by atoms with van der Waals surface area (Å²) in [6.45, 7) is 1.92. The van der Waals surface area contributed by atoms with Crippen molar-refractivity contribution < 1.29 is 14.6 Å². The van der Waals surface area contributed by atoms with Crippen LogP contribution in [0.3, 0.4) is 0 Å². The van der Waals surface area contributed by atoms with E-state index in [0.717, 1.165) is 12.0 Å². The first kappa shape index (κ1) is 14.0. The molecule has 0 aromatic heterocycles. The summed E-state index contributed by atoms with van der Waals surface area (Å²) in [6, 6.07) is 7.25. The molecule has 1 heterocycles. The summed E-state index contributed by atoms with van der Waals surface area (Å²) in [4.78, 5) is 14.1. The minimum absolute atomic E-state index is 0.0544. The van der Waals surface area contributed by atoms with Crippen LogP contribution in [0.15, 0.2) is 24.3 Å². The molecular weight excluding hydrogens is 244 g/mol. The number of benzene rings is 1. The molecule has 1 fully saturated rings. The van der Waals surface area contributed by atoms with Gasteiger partial charge in [0.2, 0.25) is 0 Å². The van der Waals surface area contributed by atoms with E-state index in [1.807, 2.05) is 18.2 Å². The summed E-state index contributed by atoms with van der Waals surface area (Å²) in [5.41, 5.74) is 7.23. The Morgan fingerprint density at radius 2 is 2.37 bits per heavy atom. The third-order valence-corrected chi connectivity index (χ3v) is 3.31. The molecular formula is C14H20N2O3. The molecule has 0 bridgehead atoms. The van der Waals surface area contributed by atoms with Crippen molar-refractivity contribution in [3.8, 4) is 0 Å². The van der Waals surface area contributed by atoms with Gasteiger partial charge >= 0.3 is 0 Å². The van der Waals surface area contributed by atoms with Crippen LogP contribution in [0.2, 0.25) is 0 Å². The van der Waals surface area contributed by atoms with Crippen LogP contribution in [0.4, 0.5) is 0 Å². The average molecular weight is 264 g/mol. The van der Waals surface area contributed by atoms with Crippen molar-refractivity contribution in [2.75, 3.05) is 32.9 Å². The molecule has 0 radical (unpaired) electrons. The first-order valence-corrected chi connectivity index (χ1v) is 6.55. The molecule has 5 heteroatoms. The van der Waals surface area contributed by atoms with Gasteiger partial charge in [-0.25, -0.2) is 0 Å². The highest BCUT2D eigenvalue weighted by Gasteiger charge is 2.27. The van der Waals surface area contributed by atoms with Gasteiger partial charge < -0.3 is 20.5 Å². The van der Waals surface area contributed by atoms with Crippen molar-refractivity contribution in [3.63, 3.8) is 0 Å². The Morgan fingerprint density at radius 1 is 1.53 bits per heavy atom. The van der Waals surface area contributed by atoms with Gasteiger partial charge in [-0.2, -0.15) is 0 Å². The van der Waals surface area contributed by atoms with Crippen molar-refractivity contribution in [3.05, 3.63) is 35.4 Å². The molecule has 1 aromatic rings. The summed E-state index contributed by atoms with van der Waals surface area (Å²) in [5, 5.41) is 9.31. The lowest BCUT2D eigenvalue weighted by Crippen LogP contribution is -2.50. The average Bonchev–Trinajstić information content (AvgIpc) is 2.47. The maximum Gasteiger partial charge on any atom is 0.254 e. The summed E-state index contributed by atoms with van der Waals surface area (Å²) < 4.78 is 5.28. The molecule has 2 rings (SSSR count). The van der Waals surface area contributed by atoms with Crippen LogP contribution in [0.1, 0.15) is 15.9 Å². The lowest BCUT2D eigenvalue weighted by molar-refractivity contribution is -0.0183. The molecule has 0 spiro atoms. The summed E-state index contributed by atoms with van der Waals surface area (Å²) >= 11 is 0. The number of aliphatic hydroxyl groups excluding tert-OH is 1. The zero-order valence-electron chi connectivity index (χ0n) is 10.9. The number of hydrogen-bond acceptors (Lipinski definition) is 4. The monoisotopic (exact) mass is 264 g/mol. The summed E-state index contributed by atoms with van der Waals surface area (Å²) in [7, 11) is 0. The summed E-state index contributed by atoms with van der Waals surface area (Å²) in [6.07, 6.45) is 0.758. The van der Waals surface area contributed by atoms with Gasteiger partial charge in [0.05, 0.1) is 25.9 Å². The van der Waals surface area contributed by atoms with Gasteiger partial charge in [-0.05, 0) is 30.7 Å². The molecule has 5 nitrogen and oxygen atoms in total. The Hall–Kier alpha value is -1.43. The molecule has 104 valence electrons. The standard InChI is InChI=1S/C14H20N2O3/c15-5-4-11-2-1-3-12(8-11)14(18)16-6-7-19-10-13(16)9-17/h1-3,8,13,17H,4-7,9-10,15H2. The predicted octanol–water partition coefficient (Wildman–Crippen LogP) is 0.0211. The third kappa shape index (κ3) is 3.32. The minimum atomic E-state index is -0.251. The molecule has 3 N–H and O–H groups in total. The van der Waals surface area contributed by atoms with Gasteiger partial charge in [0.15, 0.2) is 0 Å². The molecule has 1 atom stereocenters. The van der Waals surface area contributed by atoms with E-state index >= 15 is 0 Å². The second kappa shape index (κ2) is 6.65. The minimum Gasteiger partial charge on any atom is -0.394 e. The first-order valence-electron chi connectivity index (χ1n) is 6.55. The van der Waals surface area contributed by atoms with Crippen molar-refractivity contribution in [2.24, 2.45) is 5.73 Å². The van der Waals surface area contributed by atoms with Crippen molar-refractivity contribution in [2.45, 2.75) is 12.5 Å². The van der Waals surface area contributed by atoms with Gasteiger partial charge in [0, 0.05) is 12.1 Å². The molecule has 1 aliphatic rings. The Kier molecular flexibility index (Phi) is 4.90. The Morgan fingerprint density at radius 3 is 3.11 bits per heavy atom. The predicted molar refractivity (Wildman–Crippen MR) is 71.9 cm³/mol. The lowest BCUT2D eigenvalue weighted by Gasteiger charge is -2.34. The Balaban J connectivity index is 2.15. The van der Waals surface area contributed by atoms with Gasteiger partial charge in [-0.3, -0.25) is 4.79 Å². The number of hydrogen-bond donors (Lipinski definition) is 2. The molecule has 0 saturated carbocycles. The topological polar surface area (TPSA) is 75.8 Å². The van der Waals surface area contributed by atoms with E-state index in [1.165, 1.54) is 0 Å². The number of aliphatic hydroxyl groups is 1. The number of ether oxygens (including phenoxy) is 1. The largest absolute Gasteiger partial charge is 0.394 e. The quantitative estimate of drug-likeness (QED) is 0.804. The van der Waals surface area contributed by atoms with Crippen LogP contribution in [-0.2, 0) is 11.2 Å². The van der Waals surface area contributed by atoms with E-state index < -0.39 is 0 Å². The second-order valence-corrected chi connectivity index (χ2v) is 4.65. The van der Waals surface area contributed by atoms with Gasteiger partial charge in [0.25, 0.3) is 5.91 Å². The number of carbonyl (C=O) groups excluding carboxylic acids is 1. The number of carbonyl (C=O) groups is 1. The Bertz CT molecular complexity index is 436. The number of rotatable bonds is 4. The van der Waals surface area contributed by atoms with Crippen LogP contribution in [0, 0.1) is 0 Å². The fourth-order valence-corrected chi connectivity index (χ4v) is 2.27.